The zero-order valence-corrected chi connectivity index (χ0v) is 13.5. The maximum absolute atomic E-state index is 12.1. The molecule has 8 heteroatoms. The van der Waals surface area contributed by atoms with Crippen molar-refractivity contribution in [2.75, 3.05) is 0 Å². The van der Waals surface area contributed by atoms with Crippen molar-refractivity contribution in [3.63, 3.8) is 0 Å². The van der Waals surface area contributed by atoms with Gasteiger partial charge in [-0.05, 0) is 30.7 Å². The fraction of sp³-hybridized carbons (Fsp3) is 0.200. The third kappa shape index (κ3) is 4.05. The van der Waals surface area contributed by atoms with Gasteiger partial charge in [-0.15, -0.1) is 0 Å². The van der Waals surface area contributed by atoms with E-state index in [1.54, 1.807) is 32.2 Å². The molecule has 0 saturated heterocycles. The average Bonchev–Trinajstić information content (AvgIpc) is 2.49. The molecular formula is C15H17N3O4S. The second-order valence-electron chi connectivity index (χ2n) is 5.17. The quantitative estimate of drug-likeness (QED) is 0.848. The Bertz CT molecular complexity index is 886. The number of hydrogen-bond donors (Lipinski definition) is 2. The summed E-state index contributed by atoms with van der Waals surface area (Å²) in [5, 5.41) is 7.79. The van der Waals surface area contributed by atoms with Gasteiger partial charge in [0, 0.05) is 24.9 Å². The van der Waals surface area contributed by atoms with E-state index in [-0.39, 0.29) is 28.0 Å². The molecule has 0 aliphatic heterocycles. The number of carbonyl (C=O) groups excluding carboxylic acids is 1. The number of amides is 1. The number of rotatable bonds is 4. The van der Waals surface area contributed by atoms with E-state index in [0.29, 0.717) is 0 Å². The molecule has 0 spiro atoms. The standard InChI is InChI=1S/C15H17N3O4S/c1-10(11-3-5-13(6-4-11)23(16,21)22)17-15(20)12-7-8-18(2)14(19)9-12/h3-10H,1-2H3,(H,17,20)(H2,16,21,22)/t10-/m1/s1. The topological polar surface area (TPSA) is 111 Å². The summed E-state index contributed by atoms with van der Waals surface area (Å²) in [7, 11) is -2.15. The van der Waals surface area contributed by atoms with Gasteiger partial charge in [0.25, 0.3) is 11.5 Å². The summed E-state index contributed by atoms with van der Waals surface area (Å²) in [5.41, 5.74) is 0.707. The van der Waals surface area contributed by atoms with Crippen molar-refractivity contribution in [3.05, 3.63) is 64.1 Å². The molecule has 2 aromatic rings. The fourth-order valence-corrected chi connectivity index (χ4v) is 2.51. The van der Waals surface area contributed by atoms with Crippen LogP contribution in [-0.2, 0) is 17.1 Å². The lowest BCUT2D eigenvalue weighted by Gasteiger charge is -2.15. The van der Waals surface area contributed by atoms with Crippen molar-refractivity contribution in [2.45, 2.75) is 17.9 Å². The predicted octanol–water partition coefficient (Wildman–Crippen LogP) is 0.524. The molecule has 0 aliphatic carbocycles. The van der Waals surface area contributed by atoms with E-state index in [4.69, 9.17) is 5.14 Å². The molecule has 1 heterocycles. The number of nitrogens with zero attached hydrogens (tertiary/aromatic N) is 1. The van der Waals surface area contributed by atoms with Gasteiger partial charge in [0.1, 0.15) is 0 Å². The first-order valence-electron chi connectivity index (χ1n) is 6.79. The van der Waals surface area contributed by atoms with Crippen LogP contribution in [0.4, 0.5) is 0 Å². The van der Waals surface area contributed by atoms with E-state index >= 15 is 0 Å². The first-order valence-corrected chi connectivity index (χ1v) is 8.33. The third-order valence-corrected chi connectivity index (χ3v) is 4.35. The van der Waals surface area contributed by atoms with Crippen LogP contribution in [0, 0.1) is 0 Å². The van der Waals surface area contributed by atoms with Crippen molar-refractivity contribution in [1.29, 1.82) is 0 Å². The van der Waals surface area contributed by atoms with Crippen molar-refractivity contribution in [2.24, 2.45) is 12.2 Å². The largest absolute Gasteiger partial charge is 0.346 e. The highest BCUT2D eigenvalue weighted by Gasteiger charge is 2.13. The lowest BCUT2D eigenvalue weighted by Crippen LogP contribution is -2.28. The van der Waals surface area contributed by atoms with Crippen molar-refractivity contribution < 1.29 is 13.2 Å². The van der Waals surface area contributed by atoms with E-state index in [9.17, 15) is 18.0 Å². The Morgan fingerprint density at radius 1 is 1.22 bits per heavy atom. The highest BCUT2D eigenvalue weighted by Crippen LogP contribution is 2.16. The summed E-state index contributed by atoms with van der Waals surface area (Å²) in [4.78, 5) is 23.7. The fourth-order valence-electron chi connectivity index (χ4n) is 2.00. The molecule has 23 heavy (non-hydrogen) atoms. The summed E-state index contributed by atoms with van der Waals surface area (Å²) in [6, 6.07) is 8.36. The molecule has 1 atom stereocenters. The minimum atomic E-state index is -3.74. The molecule has 0 saturated carbocycles. The zero-order valence-electron chi connectivity index (χ0n) is 12.7. The number of hydrogen-bond acceptors (Lipinski definition) is 4. The zero-order chi connectivity index (χ0) is 17.2. The second-order valence-corrected chi connectivity index (χ2v) is 6.74. The van der Waals surface area contributed by atoms with Gasteiger partial charge in [-0.3, -0.25) is 9.59 Å². The van der Waals surface area contributed by atoms with E-state index < -0.39 is 10.0 Å². The maximum atomic E-state index is 12.1. The third-order valence-electron chi connectivity index (χ3n) is 3.42. The summed E-state index contributed by atoms with van der Waals surface area (Å²) in [6.07, 6.45) is 1.52. The first kappa shape index (κ1) is 16.9. The summed E-state index contributed by atoms with van der Waals surface area (Å²) < 4.78 is 23.8. The lowest BCUT2D eigenvalue weighted by atomic mass is 10.1. The van der Waals surface area contributed by atoms with Crippen LogP contribution in [0.1, 0.15) is 28.9 Å². The highest BCUT2D eigenvalue weighted by molar-refractivity contribution is 7.89. The summed E-state index contributed by atoms with van der Waals surface area (Å²) in [6.45, 7) is 1.75. The lowest BCUT2D eigenvalue weighted by molar-refractivity contribution is 0.0939. The van der Waals surface area contributed by atoms with Gasteiger partial charge in [-0.25, -0.2) is 13.6 Å². The molecule has 1 aromatic heterocycles. The van der Waals surface area contributed by atoms with Crippen LogP contribution in [0.25, 0.3) is 0 Å². The molecule has 0 unspecified atom stereocenters. The number of nitrogens with two attached hydrogens (primary N) is 1. The average molecular weight is 335 g/mol. The molecule has 3 N–H and O–H groups in total. The van der Waals surface area contributed by atoms with Gasteiger partial charge in [0.05, 0.1) is 10.9 Å². The Morgan fingerprint density at radius 2 is 1.83 bits per heavy atom. The van der Waals surface area contributed by atoms with E-state index in [1.165, 1.54) is 29.0 Å². The van der Waals surface area contributed by atoms with Gasteiger partial charge < -0.3 is 9.88 Å². The molecule has 0 fully saturated rings. The van der Waals surface area contributed by atoms with Gasteiger partial charge in [-0.2, -0.15) is 0 Å². The smallest absolute Gasteiger partial charge is 0.252 e. The molecule has 1 aromatic carbocycles. The van der Waals surface area contributed by atoms with Gasteiger partial charge >= 0.3 is 0 Å². The SMILES string of the molecule is C[C@@H](NC(=O)c1ccn(C)c(=O)c1)c1ccc(S(N)(=O)=O)cc1. The molecule has 2 rings (SSSR count). The van der Waals surface area contributed by atoms with Crippen LogP contribution < -0.4 is 16.0 Å². The predicted molar refractivity (Wildman–Crippen MR) is 85.4 cm³/mol. The Kier molecular flexibility index (Phi) is 4.67. The van der Waals surface area contributed by atoms with Crippen LogP contribution in [0.2, 0.25) is 0 Å². The molecule has 0 bridgehead atoms. The second kappa shape index (κ2) is 6.35. The van der Waals surface area contributed by atoms with E-state index in [1.807, 2.05) is 0 Å². The van der Waals surface area contributed by atoms with Gasteiger partial charge in [0.15, 0.2) is 0 Å². The minimum Gasteiger partial charge on any atom is -0.346 e. The van der Waals surface area contributed by atoms with Gasteiger partial charge in [-0.1, -0.05) is 12.1 Å². The molecule has 0 radical (unpaired) electrons. The van der Waals surface area contributed by atoms with Crippen molar-refractivity contribution in [1.82, 2.24) is 9.88 Å². The van der Waals surface area contributed by atoms with Crippen LogP contribution >= 0.6 is 0 Å². The Balaban J connectivity index is 2.15. The number of nitrogens with one attached hydrogen (secondary N) is 1. The first-order chi connectivity index (χ1) is 10.7. The van der Waals surface area contributed by atoms with Crippen LogP contribution in [0.15, 0.2) is 52.3 Å². The van der Waals surface area contributed by atoms with Gasteiger partial charge in [0.2, 0.25) is 10.0 Å². The number of benzene rings is 1. The maximum Gasteiger partial charge on any atom is 0.252 e. The number of aryl methyl sites for hydroxylation is 1. The van der Waals surface area contributed by atoms with E-state index in [2.05, 4.69) is 5.32 Å². The summed E-state index contributed by atoms with van der Waals surface area (Å²) in [5.74, 6) is -0.384. The summed E-state index contributed by atoms with van der Waals surface area (Å²) >= 11 is 0. The molecular weight excluding hydrogens is 318 g/mol. The Hall–Kier alpha value is -2.45. The number of sulfonamides is 1. The number of pyridine rings is 1. The van der Waals surface area contributed by atoms with Crippen molar-refractivity contribution >= 4 is 15.9 Å². The Morgan fingerprint density at radius 3 is 2.35 bits per heavy atom. The molecule has 7 nitrogen and oxygen atoms in total. The van der Waals surface area contributed by atoms with Crippen LogP contribution in [-0.4, -0.2) is 18.9 Å². The number of primary sulfonamides is 1. The molecule has 1 amide bonds. The number of carbonyl (C=O) groups is 1. The minimum absolute atomic E-state index is 0.00586. The monoisotopic (exact) mass is 335 g/mol. The molecule has 122 valence electrons. The van der Waals surface area contributed by atoms with Crippen LogP contribution in [0.3, 0.4) is 0 Å². The van der Waals surface area contributed by atoms with Crippen molar-refractivity contribution in [3.8, 4) is 0 Å². The highest BCUT2D eigenvalue weighted by atomic mass is 32.2. The Labute approximate surface area is 133 Å². The normalized spacial score (nSPS) is 12.7. The van der Waals surface area contributed by atoms with E-state index in [0.717, 1.165) is 5.56 Å². The molecule has 0 aliphatic rings. The van der Waals surface area contributed by atoms with Crippen LogP contribution in [0.5, 0.6) is 0 Å². The number of aromatic nitrogens is 1.